The molecule has 0 aliphatic carbocycles. The molecular formula is C27H44N4O5. The monoisotopic (exact) mass is 504 g/mol. The number of rotatable bonds is 11. The van der Waals surface area contributed by atoms with Gasteiger partial charge in [-0.05, 0) is 23.9 Å². The van der Waals surface area contributed by atoms with Crippen LogP contribution in [0, 0.1) is 11.3 Å². The van der Waals surface area contributed by atoms with Crippen LogP contribution in [0.5, 0.6) is 0 Å². The van der Waals surface area contributed by atoms with Crippen molar-refractivity contribution in [1.82, 2.24) is 20.4 Å². The van der Waals surface area contributed by atoms with Crippen molar-refractivity contribution in [2.75, 3.05) is 27.7 Å². The van der Waals surface area contributed by atoms with Crippen LogP contribution in [-0.2, 0) is 24.6 Å². The quantitative estimate of drug-likeness (QED) is 0.425. The molecule has 0 spiro atoms. The number of nitrogens with zero attached hydrogens (tertiary/aromatic N) is 2. The van der Waals surface area contributed by atoms with Crippen LogP contribution in [0.2, 0.25) is 0 Å². The van der Waals surface area contributed by atoms with Crippen molar-refractivity contribution in [3.8, 4) is 0 Å². The lowest BCUT2D eigenvalue weighted by atomic mass is 9.76. The number of carbonyl (C=O) groups excluding carboxylic acids is 3. The van der Waals surface area contributed by atoms with Gasteiger partial charge in [0, 0.05) is 19.5 Å². The average Bonchev–Trinajstić information content (AvgIpc) is 2.76. The summed E-state index contributed by atoms with van der Waals surface area (Å²) in [5.74, 6) is -2.63. The molecule has 0 aromatic heterocycles. The van der Waals surface area contributed by atoms with Gasteiger partial charge in [-0.1, -0.05) is 78.8 Å². The number of benzene rings is 1. The number of hydrogen-bond acceptors (Lipinski definition) is 5. The molecule has 3 amide bonds. The molecule has 9 nitrogen and oxygen atoms in total. The van der Waals surface area contributed by atoms with Gasteiger partial charge in [0.1, 0.15) is 18.6 Å². The number of carboxylic acids is 1. The first-order valence-corrected chi connectivity index (χ1v) is 12.2. The summed E-state index contributed by atoms with van der Waals surface area (Å²) in [6.45, 7) is 12.6. The second-order valence-corrected chi connectivity index (χ2v) is 11.3. The summed E-state index contributed by atoms with van der Waals surface area (Å²) < 4.78 is 0. The number of aliphatic carboxylic acids is 1. The molecule has 0 aliphatic heterocycles. The van der Waals surface area contributed by atoms with Crippen LogP contribution in [0.4, 0.5) is 0 Å². The maximum Gasteiger partial charge on any atom is 0.323 e. The minimum absolute atomic E-state index is 0.277. The number of hydrogen-bond donors (Lipinski definition) is 3. The molecule has 0 unspecified atom stereocenters. The first-order valence-electron chi connectivity index (χ1n) is 12.2. The number of carboxylic acid groups (broad SMARTS) is 1. The zero-order valence-corrected chi connectivity index (χ0v) is 23.4. The van der Waals surface area contributed by atoms with Crippen LogP contribution in [0.1, 0.15) is 54.0 Å². The van der Waals surface area contributed by atoms with Crippen molar-refractivity contribution in [3.63, 3.8) is 0 Å². The lowest BCUT2D eigenvalue weighted by Gasteiger charge is -2.40. The molecule has 36 heavy (non-hydrogen) atoms. The van der Waals surface area contributed by atoms with Crippen molar-refractivity contribution in [3.05, 3.63) is 35.9 Å². The van der Waals surface area contributed by atoms with E-state index in [-0.39, 0.29) is 11.8 Å². The molecule has 1 rings (SSSR count). The Morgan fingerprint density at radius 1 is 0.917 bits per heavy atom. The molecule has 202 valence electrons. The minimum atomic E-state index is -1.14. The maximum atomic E-state index is 13.8. The highest BCUT2D eigenvalue weighted by Crippen LogP contribution is 2.29. The molecule has 0 saturated heterocycles. The highest BCUT2D eigenvalue weighted by molar-refractivity contribution is 5.94. The Morgan fingerprint density at radius 3 is 1.86 bits per heavy atom. The number of likely N-dealkylation sites (N-methyl/N-ethyl adjacent to an activating group) is 3. The number of nitrogens with one attached hydrogen (secondary N) is 2. The van der Waals surface area contributed by atoms with Crippen molar-refractivity contribution < 1.29 is 24.3 Å². The second-order valence-electron chi connectivity index (χ2n) is 11.3. The van der Waals surface area contributed by atoms with Gasteiger partial charge < -0.3 is 25.5 Å². The molecule has 3 atom stereocenters. The third kappa shape index (κ3) is 7.53. The van der Waals surface area contributed by atoms with E-state index < -0.39 is 53.3 Å². The van der Waals surface area contributed by atoms with Crippen LogP contribution in [-0.4, -0.2) is 84.4 Å². The second kappa shape index (κ2) is 12.3. The summed E-state index contributed by atoms with van der Waals surface area (Å²) in [6.07, 6.45) is 0. The van der Waals surface area contributed by atoms with Gasteiger partial charge in [-0.15, -0.1) is 0 Å². The Morgan fingerprint density at radius 2 is 1.44 bits per heavy atom. The molecule has 0 heterocycles. The fourth-order valence-corrected chi connectivity index (χ4v) is 4.47. The minimum Gasteiger partial charge on any atom is -0.480 e. The summed E-state index contributed by atoms with van der Waals surface area (Å²) in [6, 6.07) is 7.24. The van der Waals surface area contributed by atoms with Crippen molar-refractivity contribution in [2.24, 2.45) is 11.3 Å². The van der Waals surface area contributed by atoms with E-state index >= 15 is 0 Å². The Bertz CT molecular complexity index is 924. The van der Waals surface area contributed by atoms with E-state index in [4.69, 9.17) is 5.11 Å². The van der Waals surface area contributed by atoms with Gasteiger partial charge in [-0.25, -0.2) is 0 Å². The summed E-state index contributed by atoms with van der Waals surface area (Å²) in [5, 5.41) is 15.1. The smallest absolute Gasteiger partial charge is 0.323 e. The van der Waals surface area contributed by atoms with Gasteiger partial charge in [-0.3, -0.25) is 19.2 Å². The highest BCUT2D eigenvalue weighted by Gasteiger charge is 2.43. The maximum absolute atomic E-state index is 13.8. The standard InChI is InChI=1S/C27H44N4O5/c1-17(2)20(24(35)30(9)16-19(32)33)31(10)25(36)22(26(3,4)5)29-23(34)21(28-8)27(6,7)18-14-12-11-13-15-18/h11-15,17,20-22,28H,16H2,1-10H3,(H,29,34)(H,32,33)/t20-,21+,22+/m0/s1. The SMILES string of the molecule is CN[C@H](C(=O)N[C@H](C(=O)N(C)[C@H](C(=O)N(C)CC(=O)O)C(C)C)C(C)(C)C)C(C)(C)c1ccccc1. The third-order valence-corrected chi connectivity index (χ3v) is 6.59. The fourth-order valence-electron chi connectivity index (χ4n) is 4.47. The van der Waals surface area contributed by atoms with Crippen LogP contribution in [0.25, 0.3) is 0 Å². The van der Waals surface area contributed by atoms with Crippen molar-refractivity contribution in [2.45, 2.75) is 72.0 Å². The van der Waals surface area contributed by atoms with Gasteiger partial charge in [0.2, 0.25) is 17.7 Å². The van der Waals surface area contributed by atoms with E-state index in [0.29, 0.717) is 0 Å². The average molecular weight is 505 g/mol. The molecule has 0 fully saturated rings. The molecule has 0 bridgehead atoms. The zero-order valence-electron chi connectivity index (χ0n) is 23.4. The fraction of sp³-hybridized carbons (Fsp3) is 0.630. The third-order valence-electron chi connectivity index (χ3n) is 6.59. The number of amides is 3. The summed E-state index contributed by atoms with van der Waals surface area (Å²) in [5.41, 5.74) is -0.261. The van der Waals surface area contributed by atoms with E-state index in [9.17, 15) is 19.2 Å². The first kappa shape index (κ1) is 31.1. The molecule has 0 saturated carbocycles. The molecule has 0 radical (unpaired) electrons. The van der Waals surface area contributed by atoms with Gasteiger partial charge in [0.25, 0.3) is 0 Å². The van der Waals surface area contributed by atoms with E-state index in [1.54, 1.807) is 20.9 Å². The molecular weight excluding hydrogens is 460 g/mol. The van der Waals surface area contributed by atoms with Crippen molar-refractivity contribution >= 4 is 23.7 Å². The lowest BCUT2D eigenvalue weighted by molar-refractivity contribution is -0.151. The van der Waals surface area contributed by atoms with E-state index in [2.05, 4.69) is 10.6 Å². The van der Waals surface area contributed by atoms with Gasteiger partial charge in [-0.2, -0.15) is 0 Å². The summed E-state index contributed by atoms with van der Waals surface area (Å²) in [7, 11) is 4.63. The Labute approximate surface area is 215 Å². The van der Waals surface area contributed by atoms with Crippen LogP contribution in [0.15, 0.2) is 30.3 Å². The summed E-state index contributed by atoms with van der Waals surface area (Å²) >= 11 is 0. The van der Waals surface area contributed by atoms with Crippen LogP contribution in [0.3, 0.4) is 0 Å². The van der Waals surface area contributed by atoms with E-state index in [0.717, 1.165) is 10.5 Å². The zero-order chi connectivity index (χ0) is 28.0. The van der Waals surface area contributed by atoms with E-state index in [1.165, 1.54) is 19.0 Å². The predicted molar refractivity (Wildman–Crippen MR) is 140 cm³/mol. The van der Waals surface area contributed by atoms with Crippen molar-refractivity contribution in [1.29, 1.82) is 0 Å². The van der Waals surface area contributed by atoms with Gasteiger partial charge in [0.05, 0.1) is 6.04 Å². The molecule has 0 aliphatic rings. The van der Waals surface area contributed by atoms with Crippen LogP contribution < -0.4 is 10.6 Å². The Balaban J connectivity index is 3.28. The highest BCUT2D eigenvalue weighted by atomic mass is 16.4. The molecule has 9 heteroatoms. The topological polar surface area (TPSA) is 119 Å². The predicted octanol–water partition coefficient (Wildman–Crippen LogP) is 2.11. The largest absolute Gasteiger partial charge is 0.480 e. The number of carbonyl (C=O) groups is 4. The van der Waals surface area contributed by atoms with Crippen LogP contribution >= 0.6 is 0 Å². The Hall–Kier alpha value is -2.94. The Kier molecular flexibility index (Phi) is 10.7. The molecule has 1 aromatic rings. The summed E-state index contributed by atoms with van der Waals surface area (Å²) in [4.78, 5) is 53.9. The normalized spacial score (nSPS) is 14.5. The molecule has 1 aromatic carbocycles. The van der Waals surface area contributed by atoms with Gasteiger partial charge in [0.15, 0.2) is 0 Å². The van der Waals surface area contributed by atoms with E-state index in [1.807, 2.05) is 65.0 Å². The first-order chi connectivity index (χ1) is 16.5. The molecule has 3 N–H and O–H groups in total. The van der Waals surface area contributed by atoms with Gasteiger partial charge >= 0.3 is 5.97 Å². The lowest BCUT2D eigenvalue weighted by Crippen LogP contribution is -2.63.